The average molecular weight is 499 g/mol. The van der Waals surface area contributed by atoms with Crippen LogP contribution in [0.3, 0.4) is 0 Å². The third kappa shape index (κ3) is 4.65. The molecule has 9 heteroatoms. The average Bonchev–Trinajstić information content (AvgIpc) is 3.42. The van der Waals surface area contributed by atoms with Crippen LogP contribution in [0.1, 0.15) is 38.7 Å². The van der Waals surface area contributed by atoms with Gasteiger partial charge < -0.3 is 24.6 Å². The number of fused-ring (bicyclic) bond motifs is 1. The zero-order valence-corrected chi connectivity index (χ0v) is 20.8. The summed E-state index contributed by atoms with van der Waals surface area (Å²) in [6, 6.07) is 12.6. The summed E-state index contributed by atoms with van der Waals surface area (Å²) in [4.78, 5) is 30.3. The minimum atomic E-state index is -0.492. The van der Waals surface area contributed by atoms with Gasteiger partial charge in [0.25, 0.3) is 0 Å². The molecule has 3 aliphatic rings. The van der Waals surface area contributed by atoms with Crippen molar-refractivity contribution < 1.29 is 19.1 Å². The quantitative estimate of drug-likeness (QED) is 0.636. The van der Waals surface area contributed by atoms with E-state index in [9.17, 15) is 9.59 Å². The Morgan fingerprint density at radius 1 is 1.20 bits per heavy atom. The van der Waals surface area contributed by atoms with E-state index in [1.54, 1.807) is 23.1 Å². The van der Waals surface area contributed by atoms with E-state index in [1.807, 2.05) is 29.2 Å². The first-order chi connectivity index (χ1) is 16.9. The van der Waals surface area contributed by atoms with E-state index in [-0.39, 0.29) is 30.7 Å². The number of halogens is 1. The van der Waals surface area contributed by atoms with Gasteiger partial charge in [-0.25, -0.2) is 4.79 Å². The van der Waals surface area contributed by atoms with Crippen LogP contribution in [0.4, 0.5) is 10.5 Å². The van der Waals surface area contributed by atoms with E-state index in [0.29, 0.717) is 48.9 Å². The maximum atomic E-state index is 13.6. The molecule has 0 aliphatic carbocycles. The van der Waals surface area contributed by atoms with Crippen molar-refractivity contribution in [3.63, 3.8) is 0 Å². The minimum absolute atomic E-state index is 0.119. The number of amides is 3. The van der Waals surface area contributed by atoms with E-state index >= 15 is 0 Å². The predicted octanol–water partition coefficient (Wildman–Crippen LogP) is 4.44. The summed E-state index contributed by atoms with van der Waals surface area (Å²) in [5.41, 5.74) is 1.17. The number of piperidine rings is 1. The third-order valence-corrected chi connectivity index (χ3v) is 7.65. The van der Waals surface area contributed by atoms with Crippen LogP contribution in [-0.4, -0.2) is 53.3 Å². The second-order valence-corrected chi connectivity index (χ2v) is 10.0. The number of urea groups is 1. The van der Waals surface area contributed by atoms with Gasteiger partial charge in [-0.1, -0.05) is 44.0 Å². The van der Waals surface area contributed by atoms with Crippen molar-refractivity contribution >= 4 is 29.2 Å². The van der Waals surface area contributed by atoms with Gasteiger partial charge in [-0.2, -0.15) is 0 Å². The molecule has 2 N–H and O–H groups in total. The van der Waals surface area contributed by atoms with Gasteiger partial charge in [0.05, 0.1) is 11.7 Å². The lowest BCUT2D eigenvalue weighted by Gasteiger charge is -2.44. The van der Waals surface area contributed by atoms with Gasteiger partial charge in [0.1, 0.15) is 0 Å². The second-order valence-electron chi connectivity index (χ2n) is 9.58. The van der Waals surface area contributed by atoms with Crippen molar-refractivity contribution in [3.05, 3.63) is 53.1 Å². The first kappa shape index (κ1) is 23.8. The topological polar surface area (TPSA) is 83.1 Å². The fourth-order valence-electron chi connectivity index (χ4n) is 5.14. The molecule has 0 aromatic heterocycles. The van der Waals surface area contributed by atoms with Crippen LogP contribution >= 0.6 is 11.6 Å². The summed E-state index contributed by atoms with van der Waals surface area (Å²) in [7, 11) is 0. The molecule has 0 bridgehead atoms. The fourth-order valence-corrected chi connectivity index (χ4v) is 5.33. The molecule has 2 saturated heterocycles. The van der Waals surface area contributed by atoms with E-state index < -0.39 is 5.66 Å². The van der Waals surface area contributed by atoms with Gasteiger partial charge in [-0.15, -0.1) is 0 Å². The van der Waals surface area contributed by atoms with E-state index in [4.69, 9.17) is 21.1 Å². The maximum absolute atomic E-state index is 13.6. The highest BCUT2D eigenvalue weighted by Crippen LogP contribution is 2.38. The Morgan fingerprint density at radius 3 is 2.71 bits per heavy atom. The van der Waals surface area contributed by atoms with Gasteiger partial charge in [0, 0.05) is 43.2 Å². The number of likely N-dealkylation sites (tertiary alicyclic amines) is 1. The van der Waals surface area contributed by atoms with E-state index in [1.165, 1.54) is 0 Å². The van der Waals surface area contributed by atoms with Crippen molar-refractivity contribution in [1.82, 2.24) is 15.1 Å². The van der Waals surface area contributed by atoms with Crippen molar-refractivity contribution in [3.8, 4) is 11.5 Å². The summed E-state index contributed by atoms with van der Waals surface area (Å²) in [6.07, 6.45) is 2.21. The van der Waals surface area contributed by atoms with Crippen LogP contribution in [0.15, 0.2) is 42.5 Å². The van der Waals surface area contributed by atoms with Crippen LogP contribution in [-0.2, 0) is 11.3 Å². The van der Waals surface area contributed by atoms with Crippen LogP contribution in [0.25, 0.3) is 0 Å². The summed E-state index contributed by atoms with van der Waals surface area (Å²) in [5.74, 6) is 1.77. The zero-order chi connectivity index (χ0) is 24.6. The molecule has 3 heterocycles. The molecule has 2 atom stereocenters. The molecule has 35 heavy (non-hydrogen) atoms. The molecule has 0 radical (unpaired) electrons. The molecule has 8 nitrogen and oxygen atoms in total. The molecule has 2 fully saturated rings. The highest BCUT2D eigenvalue weighted by Gasteiger charge is 2.52. The Morgan fingerprint density at radius 2 is 1.97 bits per heavy atom. The van der Waals surface area contributed by atoms with Gasteiger partial charge in [0.2, 0.25) is 12.7 Å². The number of hydrogen-bond donors (Lipinski definition) is 2. The fraction of sp³-hybridized carbons (Fsp3) is 0.462. The van der Waals surface area contributed by atoms with Crippen LogP contribution in [0.2, 0.25) is 5.02 Å². The van der Waals surface area contributed by atoms with Crippen LogP contribution < -0.4 is 20.1 Å². The molecule has 5 rings (SSSR count). The molecule has 3 aliphatic heterocycles. The molecule has 1 spiro atoms. The van der Waals surface area contributed by atoms with Crippen molar-refractivity contribution in [1.29, 1.82) is 0 Å². The Balaban J connectivity index is 1.32. The first-order valence-electron chi connectivity index (χ1n) is 12.2. The summed E-state index contributed by atoms with van der Waals surface area (Å²) in [5, 5.41) is 7.19. The number of carbonyl (C=O) groups excluding carboxylic acids is 2. The Hall–Kier alpha value is -2.97. The lowest BCUT2D eigenvalue weighted by molar-refractivity contribution is -0.134. The summed E-state index contributed by atoms with van der Waals surface area (Å²) in [6.45, 7) is 5.99. The van der Waals surface area contributed by atoms with Gasteiger partial charge >= 0.3 is 6.03 Å². The lowest BCUT2D eigenvalue weighted by Crippen LogP contribution is -2.59. The number of nitrogens with zero attached hydrogens (tertiary/aromatic N) is 2. The molecular formula is C26H31ClN4O4. The first-order valence-corrected chi connectivity index (χ1v) is 12.6. The number of benzene rings is 2. The lowest BCUT2D eigenvalue weighted by atomic mass is 9.95. The van der Waals surface area contributed by atoms with Crippen LogP contribution in [0, 0.1) is 5.92 Å². The highest BCUT2D eigenvalue weighted by molar-refractivity contribution is 6.30. The van der Waals surface area contributed by atoms with Crippen molar-refractivity contribution in [2.24, 2.45) is 5.92 Å². The largest absolute Gasteiger partial charge is 0.454 e. The second kappa shape index (κ2) is 9.59. The minimum Gasteiger partial charge on any atom is -0.454 e. The van der Waals surface area contributed by atoms with E-state index in [0.717, 1.165) is 17.7 Å². The SMILES string of the molecule is CCC(C)C1NC2(CCN(C(=O)Nc3cccc(Cl)c3)CC2)N(Cc2ccc3c(c2)OCO3)C1=O. The zero-order valence-electron chi connectivity index (χ0n) is 20.1. The number of carbonyl (C=O) groups is 2. The maximum Gasteiger partial charge on any atom is 0.321 e. The number of hydrogen-bond acceptors (Lipinski definition) is 5. The van der Waals surface area contributed by atoms with Gasteiger partial charge in [-0.05, 0) is 41.8 Å². The number of nitrogens with one attached hydrogen (secondary N) is 2. The molecule has 2 aromatic rings. The Labute approximate surface area is 210 Å². The molecule has 3 amide bonds. The molecular weight excluding hydrogens is 468 g/mol. The molecule has 186 valence electrons. The monoisotopic (exact) mass is 498 g/mol. The summed E-state index contributed by atoms with van der Waals surface area (Å²) < 4.78 is 11.0. The summed E-state index contributed by atoms with van der Waals surface area (Å²) >= 11 is 6.05. The number of anilines is 1. The van der Waals surface area contributed by atoms with Gasteiger partial charge in [-0.3, -0.25) is 10.1 Å². The molecule has 0 saturated carbocycles. The number of ether oxygens (including phenoxy) is 2. The standard InChI is InChI=1S/C26H31ClN4O4/c1-3-17(2)23-24(32)31(15-18-7-8-21-22(13-18)35-16-34-21)26(29-23)9-11-30(12-10-26)25(33)28-20-6-4-5-19(27)14-20/h4-8,13-14,17,23,29H,3,9-12,15-16H2,1-2H3,(H,28,33). The normalized spacial score (nSPS) is 21.5. The third-order valence-electron chi connectivity index (χ3n) is 7.42. The smallest absolute Gasteiger partial charge is 0.321 e. The van der Waals surface area contributed by atoms with E-state index in [2.05, 4.69) is 24.5 Å². The van der Waals surface area contributed by atoms with Gasteiger partial charge in [0.15, 0.2) is 11.5 Å². The Bertz CT molecular complexity index is 1120. The highest BCUT2D eigenvalue weighted by atomic mass is 35.5. The Kier molecular flexibility index (Phi) is 6.51. The van der Waals surface area contributed by atoms with Crippen molar-refractivity contribution in [2.45, 2.75) is 51.4 Å². The van der Waals surface area contributed by atoms with Crippen molar-refractivity contribution in [2.75, 3.05) is 25.2 Å². The number of rotatable bonds is 5. The predicted molar refractivity (Wildman–Crippen MR) is 134 cm³/mol. The molecule has 2 unspecified atom stereocenters. The molecule has 2 aromatic carbocycles. The van der Waals surface area contributed by atoms with Crippen LogP contribution in [0.5, 0.6) is 11.5 Å².